The number of amides is 1. The van der Waals surface area contributed by atoms with E-state index in [9.17, 15) is 4.79 Å². The molecule has 1 amide bonds. The van der Waals surface area contributed by atoms with Crippen molar-refractivity contribution in [3.05, 3.63) is 59.7 Å². The molecule has 2 aromatic rings. The smallest absolute Gasteiger partial charge is 0.253 e. The first-order valence-electron chi connectivity index (χ1n) is 6.51. The van der Waals surface area contributed by atoms with Crippen molar-refractivity contribution in [2.75, 3.05) is 13.6 Å². The molecule has 104 valence electrons. The van der Waals surface area contributed by atoms with Crippen LogP contribution in [0.2, 0.25) is 0 Å². The fourth-order valence-corrected chi connectivity index (χ4v) is 1.87. The Balaban J connectivity index is 1.98. The third kappa shape index (κ3) is 3.61. The van der Waals surface area contributed by atoms with Gasteiger partial charge in [0.2, 0.25) is 0 Å². The number of carbonyl (C=O) groups excluding carboxylic acids is 1. The van der Waals surface area contributed by atoms with Crippen molar-refractivity contribution in [3.8, 4) is 0 Å². The summed E-state index contributed by atoms with van der Waals surface area (Å²) < 4.78 is 0. The van der Waals surface area contributed by atoms with Gasteiger partial charge in [-0.15, -0.1) is 0 Å². The van der Waals surface area contributed by atoms with Gasteiger partial charge in [-0.1, -0.05) is 6.07 Å². The maximum absolute atomic E-state index is 12.3. The van der Waals surface area contributed by atoms with E-state index < -0.39 is 0 Å². The molecule has 0 saturated carbocycles. The lowest BCUT2D eigenvalue weighted by atomic mass is 10.2. The maximum atomic E-state index is 12.3. The molecule has 0 radical (unpaired) electrons. The number of nitrogens with two attached hydrogens (primary N) is 1. The van der Waals surface area contributed by atoms with Crippen LogP contribution >= 0.6 is 0 Å². The second-order valence-corrected chi connectivity index (χ2v) is 4.54. The molecule has 0 unspecified atom stereocenters. The van der Waals surface area contributed by atoms with E-state index in [0.717, 1.165) is 12.1 Å². The Morgan fingerprint density at radius 1 is 1.20 bits per heavy atom. The highest BCUT2D eigenvalue weighted by Gasteiger charge is 2.12. The number of nitrogens with zero attached hydrogens (tertiary/aromatic N) is 3. The summed E-state index contributed by atoms with van der Waals surface area (Å²) in [6.45, 7) is 0.953. The van der Waals surface area contributed by atoms with Gasteiger partial charge in [0.25, 0.3) is 5.91 Å². The summed E-state index contributed by atoms with van der Waals surface area (Å²) in [5.41, 5.74) is 7.84. The van der Waals surface area contributed by atoms with E-state index in [1.165, 1.54) is 0 Å². The highest BCUT2D eigenvalue weighted by Crippen LogP contribution is 2.06. The quantitative estimate of drug-likeness (QED) is 0.887. The molecule has 0 saturated heterocycles. The van der Waals surface area contributed by atoms with Gasteiger partial charge in [0.1, 0.15) is 0 Å². The second-order valence-electron chi connectivity index (χ2n) is 4.54. The first-order chi connectivity index (χ1) is 9.70. The minimum absolute atomic E-state index is 0.0296. The van der Waals surface area contributed by atoms with Crippen molar-refractivity contribution >= 4 is 5.91 Å². The molecule has 2 heterocycles. The zero-order chi connectivity index (χ0) is 14.4. The van der Waals surface area contributed by atoms with Crippen molar-refractivity contribution in [1.82, 2.24) is 14.9 Å². The summed E-state index contributed by atoms with van der Waals surface area (Å²) in [4.78, 5) is 22.3. The highest BCUT2D eigenvalue weighted by molar-refractivity contribution is 5.94. The van der Waals surface area contributed by atoms with E-state index in [1.807, 2.05) is 18.2 Å². The van der Waals surface area contributed by atoms with E-state index in [-0.39, 0.29) is 5.91 Å². The largest absolute Gasteiger partial charge is 0.341 e. The van der Waals surface area contributed by atoms with E-state index in [0.29, 0.717) is 24.3 Å². The van der Waals surface area contributed by atoms with Gasteiger partial charge in [0.05, 0.1) is 5.69 Å². The zero-order valence-electron chi connectivity index (χ0n) is 11.5. The molecule has 0 atom stereocenters. The van der Waals surface area contributed by atoms with Crippen molar-refractivity contribution in [2.45, 2.75) is 13.0 Å². The standard InChI is InChI=1S/C15H18N4O/c1-19(9-6-13-4-2-3-7-17-13)15(20)12-5-8-18-14(10-12)11-16/h2-5,7-8,10H,6,9,11,16H2,1H3. The summed E-state index contributed by atoms with van der Waals surface area (Å²) in [5, 5.41) is 0. The van der Waals surface area contributed by atoms with Crippen LogP contribution in [0, 0.1) is 0 Å². The van der Waals surface area contributed by atoms with Gasteiger partial charge >= 0.3 is 0 Å². The molecule has 2 aromatic heterocycles. The first kappa shape index (κ1) is 14.1. The lowest BCUT2D eigenvalue weighted by Gasteiger charge is -2.17. The number of hydrogen-bond donors (Lipinski definition) is 1. The van der Waals surface area contributed by atoms with Crippen molar-refractivity contribution in [2.24, 2.45) is 5.73 Å². The zero-order valence-corrected chi connectivity index (χ0v) is 11.5. The Morgan fingerprint density at radius 3 is 2.70 bits per heavy atom. The van der Waals surface area contributed by atoms with Crippen LogP contribution in [0.25, 0.3) is 0 Å². The Hall–Kier alpha value is -2.27. The van der Waals surface area contributed by atoms with Crippen molar-refractivity contribution in [3.63, 3.8) is 0 Å². The lowest BCUT2D eigenvalue weighted by Crippen LogP contribution is -2.29. The number of aromatic nitrogens is 2. The average molecular weight is 270 g/mol. The molecule has 0 spiro atoms. The van der Waals surface area contributed by atoms with E-state index in [4.69, 9.17) is 5.73 Å². The van der Waals surface area contributed by atoms with Gasteiger partial charge in [0, 0.05) is 50.2 Å². The first-order valence-corrected chi connectivity index (χ1v) is 6.51. The molecular weight excluding hydrogens is 252 g/mol. The van der Waals surface area contributed by atoms with Crippen LogP contribution in [0.4, 0.5) is 0 Å². The van der Waals surface area contributed by atoms with E-state index in [1.54, 1.807) is 36.5 Å². The SMILES string of the molecule is CN(CCc1ccccn1)C(=O)c1ccnc(CN)c1. The fraction of sp³-hybridized carbons (Fsp3) is 0.267. The Kier molecular flexibility index (Phi) is 4.79. The van der Waals surface area contributed by atoms with Gasteiger partial charge < -0.3 is 10.6 Å². The molecule has 2 rings (SSSR count). The van der Waals surface area contributed by atoms with Gasteiger partial charge in [-0.3, -0.25) is 14.8 Å². The van der Waals surface area contributed by atoms with Crippen LogP contribution in [-0.2, 0) is 13.0 Å². The molecule has 0 aliphatic heterocycles. The van der Waals surface area contributed by atoms with Gasteiger partial charge in [-0.2, -0.15) is 0 Å². The molecule has 0 fully saturated rings. The van der Waals surface area contributed by atoms with Crippen LogP contribution in [0.15, 0.2) is 42.7 Å². The second kappa shape index (κ2) is 6.77. The molecule has 5 nitrogen and oxygen atoms in total. The van der Waals surface area contributed by atoms with Crippen LogP contribution in [0.1, 0.15) is 21.7 Å². The number of carbonyl (C=O) groups is 1. The number of pyridine rings is 2. The molecule has 2 N–H and O–H groups in total. The molecule has 20 heavy (non-hydrogen) atoms. The fourth-order valence-electron chi connectivity index (χ4n) is 1.87. The van der Waals surface area contributed by atoms with E-state index >= 15 is 0 Å². The van der Waals surface area contributed by atoms with Gasteiger partial charge in [-0.05, 0) is 24.3 Å². The summed E-state index contributed by atoms with van der Waals surface area (Å²) in [6, 6.07) is 9.22. The molecule has 0 aromatic carbocycles. The molecule has 0 aliphatic carbocycles. The average Bonchev–Trinajstić information content (AvgIpc) is 2.53. The number of hydrogen-bond acceptors (Lipinski definition) is 4. The third-order valence-corrected chi connectivity index (χ3v) is 3.05. The predicted octanol–water partition coefficient (Wildman–Crippen LogP) is 1.25. The highest BCUT2D eigenvalue weighted by atomic mass is 16.2. The Labute approximate surface area is 118 Å². The van der Waals surface area contributed by atoms with Crippen LogP contribution in [0.5, 0.6) is 0 Å². The molecular formula is C15H18N4O. The number of likely N-dealkylation sites (N-methyl/N-ethyl adjacent to an activating group) is 1. The minimum Gasteiger partial charge on any atom is -0.341 e. The minimum atomic E-state index is -0.0296. The van der Waals surface area contributed by atoms with Crippen LogP contribution < -0.4 is 5.73 Å². The van der Waals surface area contributed by atoms with E-state index in [2.05, 4.69) is 9.97 Å². The predicted molar refractivity (Wildman–Crippen MR) is 77.0 cm³/mol. The van der Waals surface area contributed by atoms with Gasteiger partial charge in [-0.25, -0.2) is 0 Å². The molecule has 0 bridgehead atoms. The van der Waals surface area contributed by atoms with Crippen LogP contribution in [-0.4, -0.2) is 34.4 Å². The molecule has 0 aliphatic rings. The molecule has 5 heteroatoms. The monoisotopic (exact) mass is 270 g/mol. The van der Waals surface area contributed by atoms with Crippen molar-refractivity contribution < 1.29 is 4.79 Å². The topological polar surface area (TPSA) is 72.1 Å². The third-order valence-electron chi connectivity index (χ3n) is 3.05. The Morgan fingerprint density at radius 2 is 2.00 bits per heavy atom. The summed E-state index contributed by atoms with van der Waals surface area (Å²) in [5.74, 6) is -0.0296. The summed E-state index contributed by atoms with van der Waals surface area (Å²) in [7, 11) is 1.79. The summed E-state index contributed by atoms with van der Waals surface area (Å²) >= 11 is 0. The summed E-state index contributed by atoms with van der Waals surface area (Å²) in [6.07, 6.45) is 4.10. The number of rotatable bonds is 5. The normalized spacial score (nSPS) is 10.3. The van der Waals surface area contributed by atoms with Crippen LogP contribution in [0.3, 0.4) is 0 Å². The maximum Gasteiger partial charge on any atom is 0.253 e. The van der Waals surface area contributed by atoms with Crippen molar-refractivity contribution in [1.29, 1.82) is 0 Å². The van der Waals surface area contributed by atoms with Gasteiger partial charge in [0.15, 0.2) is 0 Å². The Bertz CT molecular complexity index is 571. The lowest BCUT2D eigenvalue weighted by molar-refractivity contribution is 0.0796.